The first-order valence-electron chi connectivity index (χ1n) is 8.23. The number of ether oxygens (including phenoxy) is 2. The Hall–Kier alpha value is -4.92. The van der Waals surface area contributed by atoms with Crippen molar-refractivity contribution in [3.8, 4) is 47.3 Å². The molecule has 0 spiro atoms. The van der Waals surface area contributed by atoms with Crippen LogP contribution in [-0.4, -0.2) is 0 Å². The van der Waals surface area contributed by atoms with Crippen molar-refractivity contribution in [2.45, 2.75) is 0 Å². The van der Waals surface area contributed by atoms with E-state index in [1.54, 1.807) is 6.07 Å². The Morgan fingerprint density at radius 2 is 1.10 bits per heavy atom. The van der Waals surface area contributed by atoms with E-state index in [2.05, 4.69) is 0 Å². The predicted octanol–water partition coefficient (Wildman–Crippen LogP) is 5.04. The molecule has 0 atom stereocenters. The van der Waals surface area contributed by atoms with Crippen LogP contribution in [0.4, 0.5) is 8.78 Å². The molecule has 0 aliphatic carbocycles. The number of benzene rings is 3. The monoisotopic (exact) mass is 398 g/mol. The highest BCUT2D eigenvalue weighted by Gasteiger charge is 2.19. The maximum absolute atomic E-state index is 14.8. The van der Waals surface area contributed by atoms with Crippen LogP contribution in [0.5, 0.6) is 23.0 Å². The summed E-state index contributed by atoms with van der Waals surface area (Å²) >= 11 is 0. The molecule has 0 unspecified atom stereocenters. The molecule has 3 aromatic rings. The molecule has 142 valence electrons. The Balaban J connectivity index is 1.96. The summed E-state index contributed by atoms with van der Waals surface area (Å²) in [4.78, 5) is 0. The number of rotatable bonds is 4. The summed E-state index contributed by atoms with van der Waals surface area (Å²) < 4.78 is 39.7. The van der Waals surface area contributed by atoms with Crippen molar-refractivity contribution in [1.82, 2.24) is 0 Å². The Kier molecular flexibility index (Phi) is 5.55. The highest BCUT2D eigenvalue weighted by Crippen LogP contribution is 2.36. The highest BCUT2D eigenvalue weighted by atomic mass is 19.1. The molecule has 0 fully saturated rings. The summed E-state index contributed by atoms with van der Waals surface area (Å²) in [6.07, 6.45) is 0. The van der Waals surface area contributed by atoms with E-state index in [-0.39, 0.29) is 39.5 Å². The summed E-state index contributed by atoms with van der Waals surface area (Å²) in [5, 5.41) is 36.0. The van der Waals surface area contributed by atoms with Crippen molar-refractivity contribution in [3.05, 3.63) is 82.4 Å². The van der Waals surface area contributed by atoms with Crippen LogP contribution in [0.3, 0.4) is 0 Å². The van der Waals surface area contributed by atoms with Crippen molar-refractivity contribution >= 4 is 0 Å². The van der Waals surface area contributed by atoms with Gasteiger partial charge in [-0.05, 0) is 48.5 Å². The lowest BCUT2D eigenvalue weighted by atomic mass is 10.1. The second-order valence-corrected chi connectivity index (χ2v) is 5.75. The Morgan fingerprint density at radius 3 is 1.60 bits per heavy atom. The van der Waals surface area contributed by atoms with Gasteiger partial charge in [0, 0.05) is 0 Å². The first kappa shape index (κ1) is 19.8. The lowest BCUT2D eigenvalue weighted by Crippen LogP contribution is -1.97. The van der Waals surface area contributed by atoms with Crippen LogP contribution in [0.15, 0.2) is 48.5 Å². The van der Waals surface area contributed by atoms with Crippen LogP contribution in [0.2, 0.25) is 0 Å². The number of halogens is 2. The fraction of sp³-hybridized carbons (Fsp3) is 0. The molecule has 0 heterocycles. The second kappa shape index (κ2) is 8.40. The largest absolute Gasteiger partial charge is 0.454 e. The molecule has 3 aromatic carbocycles. The second-order valence-electron chi connectivity index (χ2n) is 5.75. The average Bonchev–Trinajstić information content (AvgIpc) is 2.78. The molecular weight excluding hydrogens is 390 g/mol. The Bertz CT molecular complexity index is 1330. The molecular formula is C22H8F2N4O2. The molecule has 0 saturated carbocycles. The molecule has 0 bridgehead atoms. The summed E-state index contributed by atoms with van der Waals surface area (Å²) in [6.45, 7) is 0. The van der Waals surface area contributed by atoms with Crippen LogP contribution in [-0.2, 0) is 0 Å². The van der Waals surface area contributed by atoms with Gasteiger partial charge in [-0.25, -0.2) is 4.39 Å². The third kappa shape index (κ3) is 3.85. The third-order valence-corrected chi connectivity index (χ3v) is 3.93. The van der Waals surface area contributed by atoms with E-state index in [1.165, 1.54) is 36.4 Å². The van der Waals surface area contributed by atoms with Crippen LogP contribution in [0.25, 0.3) is 0 Å². The first-order chi connectivity index (χ1) is 14.5. The molecule has 30 heavy (non-hydrogen) atoms. The molecule has 3 rings (SSSR count). The zero-order chi connectivity index (χ0) is 21.7. The smallest absolute Gasteiger partial charge is 0.211 e. The lowest BCUT2D eigenvalue weighted by Gasteiger charge is -2.12. The molecule has 0 amide bonds. The van der Waals surface area contributed by atoms with Gasteiger partial charge in [0.2, 0.25) is 11.6 Å². The summed E-state index contributed by atoms with van der Waals surface area (Å²) in [5.41, 5.74) is 0.250. The van der Waals surface area contributed by atoms with Gasteiger partial charge in [0.05, 0.1) is 22.3 Å². The van der Waals surface area contributed by atoms with Crippen LogP contribution in [0, 0.1) is 57.0 Å². The molecule has 0 radical (unpaired) electrons. The minimum atomic E-state index is -1.15. The fourth-order valence-corrected chi connectivity index (χ4v) is 2.49. The summed E-state index contributed by atoms with van der Waals surface area (Å²) in [5.74, 6) is -3.30. The zero-order valence-electron chi connectivity index (χ0n) is 15.0. The quantitative estimate of drug-likeness (QED) is 0.608. The van der Waals surface area contributed by atoms with Crippen molar-refractivity contribution < 1.29 is 18.3 Å². The molecule has 0 aromatic heterocycles. The molecule has 6 nitrogen and oxygen atoms in total. The van der Waals surface area contributed by atoms with Gasteiger partial charge in [-0.3, -0.25) is 0 Å². The van der Waals surface area contributed by atoms with E-state index >= 15 is 0 Å². The molecule has 0 N–H and O–H groups in total. The van der Waals surface area contributed by atoms with Gasteiger partial charge >= 0.3 is 0 Å². The average molecular weight is 398 g/mol. The van der Waals surface area contributed by atoms with Gasteiger partial charge in [0.15, 0.2) is 11.6 Å². The molecule has 8 heteroatoms. The van der Waals surface area contributed by atoms with Gasteiger partial charge in [-0.2, -0.15) is 25.4 Å². The SMILES string of the molecule is N#Cc1ccc(Oc2ccc(F)c(Oc3ccc(C#N)c(C#N)c3)c2F)cc1C#N. The normalized spacial score (nSPS) is 9.53. The Labute approximate surface area is 169 Å². The zero-order valence-corrected chi connectivity index (χ0v) is 15.0. The van der Waals surface area contributed by atoms with Gasteiger partial charge in [0.25, 0.3) is 0 Å². The van der Waals surface area contributed by atoms with E-state index in [9.17, 15) is 8.78 Å². The summed E-state index contributed by atoms with van der Waals surface area (Å²) in [7, 11) is 0. The molecule has 0 aliphatic heterocycles. The first-order valence-corrected chi connectivity index (χ1v) is 8.23. The highest BCUT2D eigenvalue weighted by molar-refractivity contribution is 5.52. The minimum absolute atomic E-state index is 0.00941. The van der Waals surface area contributed by atoms with Crippen LogP contribution < -0.4 is 9.47 Å². The Morgan fingerprint density at radius 1 is 0.600 bits per heavy atom. The van der Waals surface area contributed by atoms with Crippen LogP contribution in [0.1, 0.15) is 22.3 Å². The van der Waals surface area contributed by atoms with Gasteiger partial charge < -0.3 is 9.47 Å². The number of hydrogen-bond acceptors (Lipinski definition) is 6. The van der Waals surface area contributed by atoms with Gasteiger partial charge in [-0.15, -0.1) is 0 Å². The van der Waals surface area contributed by atoms with E-state index in [0.717, 1.165) is 12.1 Å². The maximum Gasteiger partial charge on any atom is 0.211 e. The van der Waals surface area contributed by atoms with Crippen molar-refractivity contribution in [1.29, 1.82) is 21.0 Å². The van der Waals surface area contributed by atoms with Crippen molar-refractivity contribution in [2.24, 2.45) is 0 Å². The number of nitrogens with zero attached hydrogens (tertiary/aromatic N) is 4. The predicted molar refractivity (Wildman–Crippen MR) is 98.3 cm³/mol. The van der Waals surface area contributed by atoms with E-state index in [0.29, 0.717) is 0 Å². The third-order valence-electron chi connectivity index (χ3n) is 3.93. The maximum atomic E-state index is 14.8. The van der Waals surface area contributed by atoms with Crippen LogP contribution >= 0.6 is 0 Å². The van der Waals surface area contributed by atoms with Gasteiger partial charge in [-0.1, -0.05) is 0 Å². The molecule has 0 saturated heterocycles. The number of nitriles is 4. The summed E-state index contributed by atoms with van der Waals surface area (Å²) in [6, 6.07) is 17.0. The van der Waals surface area contributed by atoms with Crippen molar-refractivity contribution in [2.75, 3.05) is 0 Å². The minimum Gasteiger partial charge on any atom is -0.454 e. The lowest BCUT2D eigenvalue weighted by molar-refractivity contribution is 0.380. The van der Waals surface area contributed by atoms with E-state index in [4.69, 9.17) is 30.5 Å². The number of hydrogen-bond donors (Lipinski definition) is 0. The van der Waals surface area contributed by atoms with E-state index < -0.39 is 17.4 Å². The van der Waals surface area contributed by atoms with E-state index in [1.807, 2.05) is 18.2 Å². The molecule has 0 aliphatic rings. The fourth-order valence-electron chi connectivity index (χ4n) is 2.49. The standard InChI is InChI=1S/C22H8F2N4O2/c23-19-5-6-20(29-17-3-1-13(9-25)15(7-17)11-27)21(24)22(19)30-18-4-2-14(10-26)16(8-18)12-28/h1-8H. The van der Waals surface area contributed by atoms with Crippen molar-refractivity contribution in [3.63, 3.8) is 0 Å². The van der Waals surface area contributed by atoms with Gasteiger partial charge in [0.1, 0.15) is 35.8 Å². The topological polar surface area (TPSA) is 114 Å².